The van der Waals surface area contributed by atoms with Gasteiger partial charge in [0.2, 0.25) is 0 Å². The lowest BCUT2D eigenvalue weighted by molar-refractivity contribution is 1.35. The van der Waals surface area contributed by atoms with Crippen molar-refractivity contribution in [2.24, 2.45) is 0 Å². The number of aromatic nitrogens is 1. The zero-order valence-corrected chi connectivity index (χ0v) is 10.7. The van der Waals surface area contributed by atoms with E-state index < -0.39 is 0 Å². The van der Waals surface area contributed by atoms with E-state index in [0.717, 1.165) is 5.52 Å². The van der Waals surface area contributed by atoms with Crippen LogP contribution in [0.15, 0.2) is 41.2 Å². The fourth-order valence-electron chi connectivity index (χ4n) is 2.08. The predicted octanol–water partition coefficient (Wildman–Crippen LogP) is 4.58. The average Bonchev–Trinajstić information content (AvgIpc) is 2.87. The molecule has 0 saturated carbocycles. The van der Waals surface area contributed by atoms with E-state index >= 15 is 0 Å². The van der Waals surface area contributed by atoms with Crippen molar-refractivity contribution in [1.82, 2.24) is 4.98 Å². The molecule has 1 nitrogen and oxygen atoms in total. The summed E-state index contributed by atoms with van der Waals surface area (Å²) in [4.78, 5) is 4.60. The van der Waals surface area contributed by atoms with Crippen LogP contribution in [0, 0.1) is 13.8 Å². The lowest BCUT2D eigenvalue weighted by atomic mass is 10.0. The maximum absolute atomic E-state index is 4.60. The number of rotatable bonds is 1. The summed E-state index contributed by atoms with van der Waals surface area (Å²) in [6.07, 6.45) is 1.97. The molecule has 0 aliphatic heterocycles. The third kappa shape index (κ3) is 1.75. The quantitative estimate of drug-likeness (QED) is 0.605. The van der Waals surface area contributed by atoms with Gasteiger partial charge in [0.15, 0.2) is 0 Å². The molecule has 0 bridgehead atoms. The van der Waals surface area contributed by atoms with Crippen molar-refractivity contribution in [3.05, 3.63) is 52.3 Å². The van der Waals surface area contributed by atoms with E-state index in [-0.39, 0.29) is 0 Å². The van der Waals surface area contributed by atoms with E-state index in [4.69, 9.17) is 0 Å². The molecule has 0 N–H and O–H groups in total. The molecule has 0 fully saturated rings. The predicted molar refractivity (Wildman–Crippen MR) is 74.5 cm³/mol. The monoisotopic (exact) mass is 239 g/mol. The van der Waals surface area contributed by atoms with E-state index in [9.17, 15) is 0 Å². The maximum Gasteiger partial charge on any atom is 0.0734 e. The minimum absolute atomic E-state index is 1.11. The lowest BCUT2D eigenvalue weighted by Gasteiger charge is -2.06. The van der Waals surface area contributed by atoms with Gasteiger partial charge < -0.3 is 0 Å². The third-order valence-electron chi connectivity index (χ3n) is 3.12. The molecule has 3 aromatic rings. The Morgan fingerprint density at radius 1 is 1.00 bits per heavy atom. The average molecular weight is 239 g/mol. The molecular formula is C15H13NS. The van der Waals surface area contributed by atoms with Crippen LogP contribution in [0.4, 0.5) is 0 Å². The molecule has 0 atom stereocenters. The van der Waals surface area contributed by atoms with Crippen LogP contribution in [0.25, 0.3) is 22.0 Å². The number of fused-ring (bicyclic) bond motifs is 1. The zero-order chi connectivity index (χ0) is 11.8. The molecule has 17 heavy (non-hydrogen) atoms. The van der Waals surface area contributed by atoms with Gasteiger partial charge in [0.05, 0.1) is 5.52 Å². The fourth-order valence-corrected chi connectivity index (χ4v) is 2.75. The Hall–Kier alpha value is -1.67. The van der Waals surface area contributed by atoms with Gasteiger partial charge in [0.25, 0.3) is 0 Å². The molecule has 2 heteroatoms. The largest absolute Gasteiger partial charge is 0.255 e. The summed E-state index contributed by atoms with van der Waals surface area (Å²) in [6, 6.07) is 8.68. The van der Waals surface area contributed by atoms with Gasteiger partial charge in [-0.15, -0.1) is 0 Å². The molecule has 3 rings (SSSR count). The number of nitrogens with zero attached hydrogens (tertiary/aromatic N) is 1. The molecule has 0 aliphatic carbocycles. The number of benzene rings is 1. The normalized spacial score (nSPS) is 10.9. The molecule has 0 unspecified atom stereocenters. The number of aryl methyl sites for hydroxylation is 2. The molecule has 2 heterocycles. The van der Waals surface area contributed by atoms with E-state index in [1.807, 2.05) is 6.20 Å². The summed E-state index contributed by atoms with van der Waals surface area (Å²) in [5.74, 6) is 0. The van der Waals surface area contributed by atoms with Crippen molar-refractivity contribution >= 4 is 22.2 Å². The first-order valence-electron chi connectivity index (χ1n) is 5.64. The highest BCUT2D eigenvalue weighted by atomic mass is 32.1. The number of hydrogen-bond donors (Lipinski definition) is 0. The van der Waals surface area contributed by atoms with Gasteiger partial charge in [-0.05, 0) is 53.4 Å². The highest BCUT2D eigenvalue weighted by Crippen LogP contribution is 2.27. The molecule has 2 aromatic heterocycles. The summed E-state index contributed by atoms with van der Waals surface area (Å²) in [5, 5.41) is 5.52. The second kappa shape index (κ2) is 3.97. The van der Waals surface area contributed by atoms with E-state index in [0.29, 0.717) is 0 Å². The minimum Gasteiger partial charge on any atom is -0.255 e. The molecule has 1 aromatic carbocycles. The van der Waals surface area contributed by atoms with Crippen molar-refractivity contribution in [2.45, 2.75) is 13.8 Å². The first-order valence-corrected chi connectivity index (χ1v) is 6.58. The summed E-state index contributed by atoms with van der Waals surface area (Å²) in [6.45, 7) is 4.25. The van der Waals surface area contributed by atoms with Crippen molar-refractivity contribution in [3.8, 4) is 11.1 Å². The Morgan fingerprint density at radius 3 is 2.59 bits per heavy atom. The van der Waals surface area contributed by atoms with Crippen LogP contribution in [0.1, 0.15) is 11.1 Å². The minimum atomic E-state index is 1.11. The standard InChI is InChI=1S/C15H13NS/c1-10-3-4-11(2)15-14(10)7-13(8-16-15)12-5-6-17-9-12/h3-9H,1-2H3. The molecule has 0 amide bonds. The van der Waals surface area contributed by atoms with Gasteiger partial charge >= 0.3 is 0 Å². The molecular weight excluding hydrogens is 226 g/mol. The van der Waals surface area contributed by atoms with Crippen LogP contribution >= 0.6 is 11.3 Å². The van der Waals surface area contributed by atoms with Gasteiger partial charge in [-0.1, -0.05) is 12.1 Å². The van der Waals surface area contributed by atoms with Crippen LogP contribution < -0.4 is 0 Å². The topological polar surface area (TPSA) is 12.9 Å². The van der Waals surface area contributed by atoms with E-state index in [1.165, 1.54) is 27.6 Å². The summed E-state index contributed by atoms with van der Waals surface area (Å²) in [5.41, 5.74) is 6.10. The third-order valence-corrected chi connectivity index (χ3v) is 3.81. The Bertz CT molecular complexity index is 669. The van der Waals surface area contributed by atoms with Crippen LogP contribution in [0.3, 0.4) is 0 Å². The fraction of sp³-hybridized carbons (Fsp3) is 0.133. The van der Waals surface area contributed by atoms with Crippen molar-refractivity contribution in [2.75, 3.05) is 0 Å². The molecule has 0 spiro atoms. The Morgan fingerprint density at radius 2 is 1.82 bits per heavy atom. The summed E-state index contributed by atoms with van der Waals surface area (Å²) in [7, 11) is 0. The van der Waals surface area contributed by atoms with Crippen LogP contribution in [0.2, 0.25) is 0 Å². The zero-order valence-electron chi connectivity index (χ0n) is 9.90. The SMILES string of the molecule is Cc1ccc(C)c2ncc(-c3ccsc3)cc12. The van der Waals surface area contributed by atoms with Gasteiger partial charge in [-0.2, -0.15) is 11.3 Å². The molecule has 0 radical (unpaired) electrons. The van der Waals surface area contributed by atoms with Crippen molar-refractivity contribution in [3.63, 3.8) is 0 Å². The van der Waals surface area contributed by atoms with E-state index in [2.05, 4.69) is 53.9 Å². The molecule has 84 valence electrons. The Kier molecular flexibility index (Phi) is 2.45. The molecule has 0 saturated heterocycles. The first-order chi connectivity index (χ1) is 8.25. The molecule has 0 aliphatic rings. The van der Waals surface area contributed by atoms with Gasteiger partial charge in [-0.3, -0.25) is 4.98 Å². The van der Waals surface area contributed by atoms with Crippen molar-refractivity contribution in [1.29, 1.82) is 0 Å². The summed E-state index contributed by atoms with van der Waals surface area (Å²) >= 11 is 1.72. The Labute approximate surface area is 105 Å². The second-order valence-corrected chi connectivity index (χ2v) is 5.11. The smallest absolute Gasteiger partial charge is 0.0734 e. The number of pyridine rings is 1. The van der Waals surface area contributed by atoms with Gasteiger partial charge in [0.1, 0.15) is 0 Å². The second-order valence-electron chi connectivity index (χ2n) is 4.33. The van der Waals surface area contributed by atoms with Gasteiger partial charge in [0, 0.05) is 17.1 Å². The number of thiophene rings is 1. The lowest BCUT2D eigenvalue weighted by Crippen LogP contribution is -1.87. The highest BCUT2D eigenvalue weighted by molar-refractivity contribution is 7.08. The maximum atomic E-state index is 4.60. The highest BCUT2D eigenvalue weighted by Gasteiger charge is 2.05. The number of hydrogen-bond acceptors (Lipinski definition) is 2. The Balaban J connectivity index is 2.29. The van der Waals surface area contributed by atoms with Crippen LogP contribution in [0.5, 0.6) is 0 Å². The van der Waals surface area contributed by atoms with Gasteiger partial charge in [-0.25, -0.2) is 0 Å². The van der Waals surface area contributed by atoms with Crippen LogP contribution in [-0.2, 0) is 0 Å². The summed E-state index contributed by atoms with van der Waals surface area (Å²) < 4.78 is 0. The van der Waals surface area contributed by atoms with Crippen LogP contribution in [-0.4, -0.2) is 4.98 Å². The van der Waals surface area contributed by atoms with Crippen molar-refractivity contribution < 1.29 is 0 Å². The first kappa shape index (κ1) is 10.5. The van der Waals surface area contributed by atoms with E-state index in [1.54, 1.807) is 11.3 Å².